The summed E-state index contributed by atoms with van der Waals surface area (Å²) in [5.74, 6) is 0.439. The number of carbonyl (C=O) groups excluding carboxylic acids is 1. The molecule has 1 aromatic heterocycles. The highest BCUT2D eigenvalue weighted by atomic mass is 16.3. The van der Waals surface area contributed by atoms with E-state index in [9.17, 15) is 14.7 Å². The first-order valence-electron chi connectivity index (χ1n) is 7.95. The van der Waals surface area contributed by atoms with Crippen molar-refractivity contribution in [2.24, 2.45) is 0 Å². The Morgan fingerprint density at radius 3 is 2.64 bits per heavy atom. The second-order valence-electron chi connectivity index (χ2n) is 6.28. The van der Waals surface area contributed by atoms with Gasteiger partial charge in [-0.1, -0.05) is 19.3 Å². The minimum atomic E-state index is -0.757. The number of nitrogens with one attached hydrogen (secondary N) is 2. The number of rotatable bonds is 5. The molecule has 0 aromatic carbocycles. The van der Waals surface area contributed by atoms with Crippen molar-refractivity contribution in [3.8, 4) is 0 Å². The van der Waals surface area contributed by atoms with E-state index >= 15 is 0 Å². The van der Waals surface area contributed by atoms with Crippen molar-refractivity contribution < 1.29 is 9.90 Å². The molecule has 1 amide bonds. The van der Waals surface area contributed by atoms with Gasteiger partial charge in [0.25, 0.3) is 5.56 Å². The number of amides is 1. The molecule has 1 aromatic rings. The maximum Gasteiger partial charge on any atom is 0.254 e. The van der Waals surface area contributed by atoms with Crippen LogP contribution >= 0.6 is 0 Å². The zero-order chi connectivity index (χ0) is 16.2. The highest BCUT2D eigenvalue weighted by molar-refractivity contribution is 5.76. The lowest BCUT2D eigenvalue weighted by Crippen LogP contribution is -2.44. The highest BCUT2D eigenvalue weighted by Gasteiger charge is 2.29. The number of aromatic nitrogens is 2. The molecule has 1 aliphatic rings. The largest absolute Gasteiger partial charge is 0.388 e. The topological polar surface area (TPSA) is 95.1 Å². The van der Waals surface area contributed by atoms with Gasteiger partial charge in [0.15, 0.2) is 0 Å². The van der Waals surface area contributed by atoms with Crippen LogP contribution in [0.3, 0.4) is 0 Å². The lowest BCUT2D eigenvalue weighted by Gasteiger charge is -2.32. The lowest BCUT2D eigenvalue weighted by atomic mass is 9.85. The molecule has 122 valence electrons. The number of aliphatic hydroxyl groups is 1. The summed E-state index contributed by atoms with van der Waals surface area (Å²) in [5.41, 5.74) is 0.285. The lowest BCUT2D eigenvalue weighted by molar-refractivity contribution is -0.122. The van der Waals surface area contributed by atoms with E-state index in [2.05, 4.69) is 15.3 Å². The predicted octanol–water partition coefficient (Wildman–Crippen LogP) is 1.13. The molecule has 0 bridgehead atoms. The normalized spacial score (nSPS) is 17.2. The molecule has 1 aliphatic carbocycles. The first kappa shape index (κ1) is 16.7. The molecule has 6 heteroatoms. The molecule has 0 radical (unpaired) electrons. The van der Waals surface area contributed by atoms with Gasteiger partial charge in [0, 0.05) is 24.2 Å². The minimum absolute atomic E-state index is 0.140. The van der Waals surface area contributed by atoms with Gasteiger partial charge in [-0.05, 0) is 33.1 Å². The summed E-state index contributed by atoms with van der Waals surface area (Å²) in [6.07, 6.45) is 5.25. The third kappa shape index (κ3) is 4.40. The Balaban J connectivity index is 1.84. The van der Waals surface area contributed by atoms with Crippen LogP contribution in [-0.4, -0.2) is 33.1 Å². The van der Waals surface area contributed by atoms with E-state index in [-0.39, 0.29) is 17.9 Å². The number of nitrogens with zero attached hydrogens (tertiary/aromatic N) is 1. The molecule has 1 heterocycles. The molecule has 6 nitrogen and oxygen atoms in total. The quantitative estimate of drug-likeness (QED) is 0.760. The van der Waals surface area contributed by atoms with Gasteiger partial charge in [0.05, 0.1) is 5.60 Å². The van der Waals surface area contributed by atoms with Crippen molar-refractivity contribution in [3.05, 3.63) is 27.4 Å². The molecule has 0 atom stereocenters. The fraction of sp³-hybridized carbons (Fsp3) is 0.688. The maximum atomic E-state index is 11.9. The summed E-state index contributed by atoms with van der Waals surface area (Å²) in [6, 6.07) is 0. The number of carbonyl (C=O) groups is 1. The van der Waals surface area contributed by atoms with Crippen molar-refractivity contribution in [3.63, 3.8) is 0 Å². The summed E-state index contributed by atoms with van der Waals surface area (Å²) in [6.45, 7) is 3.81. The van der Waals surface area contributed by atoms with Gasteiger partial charge in [-0.15, -0.1) is 0 Å². The van der Waals surface area contributed by atoms with Crippen LogP contribution in [0.4, 0.5) is 0 Å². The fourth-order valence-corrected chi connectivity index (χ4v) is 3.02. The van der Waals surface area contributed by atoms with Gasteiger partial charge in [0.1, 0.15) is 5.82 Å². The molecule has 0 spiro atoms. The van der Waals surface area contributed by atoms with Gasteiger partial charge in [-0.3, -0.25) is 9.59 Å². The van der Waals surface area contributed by atoms with E-state index < -0.39 is 5.60 Å². The maximum absolute atomic E-state index is 11.9. The van der Waals surface area contributed by atoms with Crippen molar-refractivity contribution in [1.82, 2.24) is 15.3 Å². The summed E-state index contributed by atoms with van der Waals surface area (Å²) in [7, 11) is 0. The van der Waals surface area contributed by atoms with Crippen LogP contribution in [0.2, 0.25) is 0 Å². The predicted molar refractivity (Wildman–Crippen MR) is 83.7 cm³/mol. The van der Waals surface area contributed by atoms with Gasteiger partial charge in [-0.2, -0.15) is 0 Å². The van der Waals surface area contributed by atoms with Crippen molar-refractivity contribution in [2.75, 3.05) is 6.54 Å². The van der Waals surface area contributed by atoms with E-state index in [1.54, 1.807) is 13.8 Å². The SMILES string of the molecule is Cc1nc(C)c(CCC(=O)NCC2(O)CCCCC2)c(=O)[nH]1. The second kappa shape index (κ2) is 7.05. The fourth-order valence-electron chi connectivity index (χ4n) is 3.02. The van der Waals surface area contributed by atoms with E-state index in [0.29, 0.717) is 30.0 Å². The molecule has 1 fully saturated rings. The molecule has 2 rings (SSSR count). The average Bonchev–Trinajstić information content (AvgIpc) is 2.45. The van der Waals surface area contributed by atoms with E-state index in [0.717, 1.165) is 32.1 Å². The number of H-pyrrole nitrogens is 1. The minimum Gasteiger partial charge on any atom is -0.388 e. The Morgan fingerprint density at radius 1 is 1.32 bits per heavy atom. The van der Waals surface area contributed by atoms with Crippen LogP contribution in [-0.2, 0) is 11.2 Å². The van der Waals surface area contributed by atoms with Gasteiger partial charge in [0.2, 0.25) is 5.91 Å². The third-order valence-corrected chi connectivity index (χ3v) is 4.34. The molecule has 3 N–H and O–H groups in total. The third-order valence-electron chi connectivity index (χ3n) is 4.34. The number of aromatic amines is 1. The molecular formula is C16H25N3O3. The van der Waals surface area contributed by atoms with Crippen LogP contribution < -0.4 is 10.9 Å². The van der Waals surface area contributed by atoms with Crippen LogP contribution in [0.15, 0.2) is 4.79 Å². The molecule has 0 aliphatic heterocycles. The number of aryl methyl sites for hydroxylation is 2. The van der Waals surface area contributed by atoms with Gasteiger partial charge in [-0.25, -0.2) is 4.98 Å². The molecule has 0 unspecified atom stereocenters. The molecule has 1 saturated carbocycles. The first-order chi connectivity index (χ1) is 10.4. The van der Waals surface area contributed by atoms with Crippen LogP contribution in [0.1, 0.15) is 55.6 Å². The zero-order valence-corrected chi connectivity index (χ0v) is 13.4. The Labute approximate surface area is 130 Å². The summed E-state index contributed by atoms with van der Waals surface area (Å²) in [4.78, 5) is 30.7. The molecule has 0 saturated heterocycles. The Hall–Kier alpha value is -1.69. The Morgan fingerprint density at radius 2 is 2.00 bits per heavy atom. The van der Waals surface area contributed by atoms with Crippen molar-refractivity contribution in [2.45, 2.75) is 64.4 Å². The standard InChI is InChI=1S/C16H25N3O3/c1-11-13(15(21)19-12(2)18-11)6-7-14(20)17-10-16(22)8-4-3-5-9-16/h22H,3-10H2,1-2H3,(H,17,20)(H,18,19,21). The Kier molecular flexibility index (Phi) is 5.34. The van der Waals surface area contributed by atoms with Crippen molar-refractivity contribution in [1.29, 1.82) is 0 Å². The highest BCUT2D eigenvalue weighted by Crippen LogP contribution is 2.27. The monoisotopic (exact) mass is 307 g/mol. The van der Waals surface area contributed by atoms with E-state index in [4.69, 9.17) is 0 Å². The van der Waals surface area contributed by atoms with E-state index in [1.807, 2.05) is 0 Å². The van der Waals surface area contributed by atoms with E-state index in [1.165, 1.54) is 0 Å². The van der Waals surface area contributed by atoms with Crippen molar-refractivity contribution >= 4 is 5.91 Å². The smallest absolute Gasteiger partial charge is 0.254 e. The average molecular weight is 307 g/mol. The van der Waals surface area contributed by atoms with Gasteiger partial charge >= 0.3 is 0 Å². The number of hydrogen-bond donors (Lipinski definition) is 3. The summed E-state index contributed by atoms with van der Waals surface area (Å²) in [5, 5.41) is 13.1. The van der Waals surface area contributed by atoms with Gasteiger partial charge < -0.3 is 15.4 Å². The zero-order valence-electron chi connectivity index (χ0n) is 13.4. The summed E-state index contributed by atoms with van der Waals surface area (Å²) < 4.78 is 0. The van der Waals surface area contributed by atoms with Crippen LogP contribution in [0.5, 0.6) is 0 Å². The number of hydrogen-bond acceptors (Lipinski definition) is 4. The molecule has 22 heavy (non-hydrogen) atoms. The first-order valence-corrected chi connectivity index (χ1v) is 7.95. The second-order valence-corrected chi connectivity index (χ2v) is 6.28. The van der Waals surface area contributed by atoms with Crippen LogP contribution in [0.25, 0.3) is 0 Å². The summed E-state index contributed by atoms with van der Waals surface area (Å²) >= 11 is 0. The molecular weight excluding hydrogens is 282 g/mol. The Bertz CT molecular complexity index is 589. The van der Waals surface area contributed by atoms with Crippen LogP contribution in [0, 0.1) is 13.8 Å².